The Morgan fingerprint density at radius 2 is 1.86 bits per heavy atom. The van der Waals surface area contributed by atoms with Gasteiger partial charge in [-0.3, -0.25) is 14.4 Å². The molecule has 1 amide bonds. The van der Waals surface area contributed by atoms with Crippen molar-refractivity contribution >= 4 is 33.9 Å². The fourth-order valence-corrected chi connectivity index (χ4v) is 5.78. The second kappa shape index (κ2) is 8.46. The Balaban J connectivity index is 1.50. The van der Waals surface area contributed by atoms with E-state index in [1.54, 1.807) is 18.4 Å². The Morgan fingerprint density at radius 3 is 2.61 bits per heavy atom. The summed E-state index contributed by atoms with van der Waals surface area (Å²) in [5.41, 5.74) is 5.25. The molecule has 36 heavy (non-hydrogen) atoms. The summed E-state index contributed by atoms with van der Waals surface area (Å²) in [5.74, 6) is 1.81. The van der Waals surface area contributed by atoms with E-state index in [9.17, 15) is 4.79 Å². The van der Waals surface area contributed by atoms with Crippen LogP contribution in [0, 0.1) is 20.8 Å². The summed E-state index contributed by atoms with van der Waals surface area (Å²) in [6.07, 6.45) is -0.735. The third-order valence-corrected chi connectivity index (χ3v) is 7.76. The third-order valence-electron chi connectivity index (χ3n) is 6.57. The molecule has 1 atom stereocenters. The number of nitrogens with zero attached hydrogens (tertiary/aromatic N) is 4. The number of ether oxygens (including phenoxy) is 1. The zero-order chi connectivity index (χ0) is 25.0. The number of nitrogens with one attached hydrogen (secondary N) is 2. The van der Waals surface area contributed by atoms with Crippen LogP contribution in [-0.2, 0) is 0 Å². The molecule has 1 aliphatic rings. The Bertz CT molecular complexity index is 1620. The molecule has 6 rings (SSSR count). The fraction of sp³-hybridized carbons (Fsp3) is 0.185. The molecule has 9 heteroatoms. The first-order chi connectivity index (χ1) is 17.4. The molecule has 5 aromatic rings. The molecule has 1 aliphatic heterocycles. The van der Waals surface area contributed by atoms with Crippen molar-refractivity contribution in [1.82, 2.24) is 25.1 Å². The van der Waals surface area contributed by atoms with Gasteiger partial charge in [-0.15, -0.1) is 21.5 Å². The van der Waals surface area contributed by atoms with E-state index in [1.165, 1.54) is 4.88 Å². The van der Waals surface area contributed by atoms with Gasteiger partial charge in [-0.25, -0.2) is 0 Å². The van der Waals surface area contributed by atoms with Crippen molar-refractivity contribution in [3.05, 3.63) is 93.5 Å². The quantitative estimate of drug-likeness (QED) is 0.365. The van der Waals surface area contributed by atoms with Crippen molar-refractivity contribution in [3.63, 3.8) is 0 Å². The van der Waals surface area contributed by atoms with Crippen LogP contribution in [0.4, 0.5) is 0 Å². The van der Waals surface area contributed by atoms with Gasteiger partial charge in [0.25, 0.3) is 5.91 Å². The molecular formula is C27H24N6O2S. The summed E-state index contributed by atoms with van der Waals surface area (Å²) < 4.78 is 7.37. The average molecular weight is 497 g/mol. The molecule has 2 N–H and O–H groups in total. The minimum atomic E-state index is -0.735. The summed E-state index contributed by atoms with van der Waals surface area (Å²) in [6, 6.07) is 17.5. The van der Waals surface area contributed by atoms with Crippen LogP contribution in [0.25, 0.3) is 15.9 Å². The highest BCUT2D eigenvalue weighted by Gasteiger charge is 2.32. The van der Waals surface area contributed by atoms with Crippen molar-refractivity contribution in [3.8, 4) is 10.8 Å². The molecule has 0 saturated carbocycles. The maximum atomic E-state index is 13.4. The largest absolute Gasteiger partial charge is 0.497 e. The Hall–Kier alpha value is -4.24. The maximum Gasteiger partial charge on any atom is 0.269 e. The fourth-order valence-electron chi connectivity index (χ4n) is 4.57. The number of H-pyrrole nitrogens is 1. The molecule has 2 aromatic carbocycles. The zero-order valence-corrected chi connectivity index (χ0v) is 21.1. The molecule has 4 heterocycles. The second-order valence-electron chi connectivity index (χ2n) is 8.76. The predicted octanol–water partition coefficient (Wildman–Crippen LogP) is 5.02. The van der Waals surface area contributed by atoms with Crippen LogP contribution in [-0.4, -0.2) is 38.5 Å². The van der Waals surface area contributed by atoms with Crippen molar-refractivity contribution < 1.29 is 9.53 Å². The van der Waals surface area contributed by atoms with Gasteiger partial charge >= 0.3 is 0 Å². The highest BCUT2D eigenvalue weighted by Crippen LogP contribution is 2.38. The lowest BCUT2D eigenvalue weighted by Gasteiger charge is -2.14. The highest BCUT2D eigenvalue weighted by atomic mass is 32.1. The van der Waals surface area contributed by atoms with E-state index in [4.69, 9.17) is 9.73 Å². The first-order valence-corrected chi connectivity index (χ1v) is 12.4. The third kappa shape index (κ3) is 3.51. The van der Waals surface area contributed by atoms with Crippen molar-refractivity contribution in [2.75, 3.05) is 7.11 Å². The van der Waals surface area contributed by atoms with Gasteiger partial charge in [0.05, 0.1) is 12.8 Å². The van der Waals surface area contributed by atoms with Crippen molar-refractivity contribution in [2.45, 2.75) is 26.9 Å². The molecule has 0 saturated heterocycles. The van der Waals surface area contributed by atoms with E-state index in [0.29, 0.717) is 11.5 Å². The van der Waals surface area contributed by atoms with Gasteiger partial charge in [0.2, 0.25) is 0 Å². The normalized spacial score (nSPS) is 14.7. The highest BCUT2D eigenvalue weighted by molar-refractivity contribution is 7.15. The van der Waals surface area contributed by atoms with Crippen LogP contribution in [0.1, 0.15) is 49.9 Å². The first-order valence-electron chi connectivity index (χ1n) is 11.6. The van der Waals surface area contributed by atoms with Gasteiger partial charge in [0.15, 0.2) is 12.0 Å². The molecule has 8 nitrogen and oxygen atoms in total. The summed E-state index contributed by atoms with van der Waals surface area (Å²) in [4.78, 5) is 22.9. The number of aliphatic imine (C=N–C) groups is 1. The SMILES string of the molecule is COc1ccc(C2=NC(NC(=O)c3cc4ccccc4[nH]3)c3nnc(C)n3-c3sc(C)c(C)c32)cc1. The number of aromatic amines is 1. The average Bonchev–Trinajstić information content (AvgIpc) is 3.55. The number of aryl methyl sites for hydroxylation is 2. The van der Waals surface area contributed by atoms with Crippen LogP contribution in [0.5, 0.6) is 5.75 Å². The van der Waals surface area contributed by atoms with Gasteiger partial charge in [0, 0.05) is 26.9 Å². The second-order valence-corrected chi connectivity index (χ2v) is 9.96. The molecule has 3 aromatic heterocycles. The summed E-state index contributed by atoms with van der Waals surface area (Å²) >= 11 is 1.68. The van der Waals surface area contributed by atoms with E-state index in [-0.39, 0.29) is 5.91 Å². The molecule has 0 aliphatic carbocycles. The molecule has 180 valence electrons. The predicted molar refractivity (Wildman–Crippen MR) is 141 cm³/mol. The molecule has 0 fully saturated rings. The first kappa shape index (κ1) is 22.2. The van der Waals surface area contributed by atoms with Crippen LogP contribution in [0.3, 0.4) is 0 Å². The minimum absolute atomic E-state index is 0.264. The zero-order valence-electron chi connectivity index (χ0n) is 20.3. The monoisotopic (exact) mass is 496 g/mol. The Kier molecular flexibility index (Phi) is 5.22. The number of hydrogen-bond donors (Lipinski definition) is 2. The van der Waals surface area contributed by atoms with E-state index in [2.05, 4.69) is 34.3 Å². The number of benzene rings is 2. The standard InChI is InChI=1S/C27H24N6O2S/c1-14-15(2)36-27-22(14)23(17-9-11-19(35-4)12-10-17)29-24(25-32-31-16(3)33(25)27)30-26(34)21-13-18-7-5-6-8-20(18)28-21/h5-13,24,28H,1-4H3,(H,30,34). The molecule has 0 radical (unpaired) electrons. The lowest BCUT2D eigenvalue weighted by Crippen LogP contribution is -2.29. The van der Waals surface area contributed by atoms with E-state index < -0.39 is 6.17 Å². The summed E-state index contributed by atoms with van der Waals surface area (Å²) in [6.45, 7) is 6.13. The van der Waals surface area contributed by atoms with E-state index in [1.807, 2.05) is 66.1 Å². The Labute approximate surface area is 211 Å². The van der Waals surface area contributed by atoms with Crippen molar-refractivity contribution in [1.29, 1.82) is 0 Å². The number of carbonyl (C=O) groups excluding carboxylic acids is 1. The molecule has 0 spiro atoms. The number of rotatable bonds is 4. The van der Waals surface area contributed by atoms with Crippen LogP contribution in [0.2, 0.25) is 0 Å². The van der Waals surface area contributed by atoms with Gasteiger partial charge in [-0.1, -0.05) is 18.2 Å². The summed E-state index contributed by atoms with van der Waals surface area (Å²) in [7, 11) is 1.65. The van der Waals surface area contributed by atoms with Crippen LogP contribution >= 0.6 is 11.3 Å². The van der Waals surface area contributed by atoms with Gasteiger partial charge in [0.1, 0.15) is 22.3 Å². The topological polar surface area (TPSA) is 97.2 Å². The lowest BCUT2D eigenvalue weighted by molar-refractivity contribution is 0.0932. The van der Waals surface area contributed by atoms with Crippen molar-refractivity contribution in [2.24, 2.45) is 4.99 Å². The van der Waals surface area contributed by atoms with Gasteiger partial charge < -0.3 is 15.0 Å². The molecule has 1 unspecified atom stereocenters. The molecular weight excluding hydrogens is 472 g/mol. The number of methoxy groups -OCH3 is 1. The number of carbonyl (C=O) groups is 1. The van der Waals surface area contributed by atoms with Gasteiger partial charge in [-0.2, -0.15) is 0 Å². The number of thiophene rings is 1. The smallest absolute Gasteiger partial charge is 0.269 e. The number of hydrogen-bond acceptors (Lipinski definition) is 6. The lowest BCUT2D eigenvalue weighted by atomic mass is 10.00. The minimum Gasteiger partial charge on any atom is -0.497 e. The number of amides is 1. The number of para-hydroxylation sites is 1. The summed E-state index contributed by atoms with van der Waals surface area (Å²) in [5, 5.41) is 13.8. The number of fused-ring (bicyclic) bond motifs is 4. The molecule has 0 bridgehead atoms. The van der Waals surface area contributed by atoms with Crippen LogP contribution < -0.4 is 10.1 Å². The van der Waals surface area contributed by atoms with E-state index >= 15 is 0 Å². The maximum absolute atomic E-state index is 13.4. The van der Waals surface area contributed by atoms with Gasteiger partial charge in [-0.05, 0) is 62.7 Å². The Morgan fingerprint density at radius 1 is 1.08 bits per heavy atom. The van der Waals surface area contributed by atoms with Crippen LogP contribution in [0.15, 0.2) is 59.6 Å². The number of aromatic nitrogens is 4. The van der Waals surface area contributed by atoms with E-state index in [0.717, 1.165) is 49.9 Å².